The second-order valence-corrected chi connectivity index (χ2v) is 11.0. The predicted molar refractivity (Wildman–Crippen MR) is 135 cm³/mol. The molecule has 1 amide bonds. The number of carbonyl (C=O) groups is 1. The molecule has 2 heterocycles. The van der Waals surface area contributed by atoms with Crippen LogP contribution in [0.3, 0.4) is 0 Å². The minimum Gasteiger partial charge on any atom is -0.343 e. The molecule has 9 nitrogen and oxygen atoms in total. The van der Waals surface area contributed by atoms with Gasteiger partial charge in [-0.1, -0.05) is 51.3 Å². The van der Waals surface area contributed by atoms with Crippen LogP contribution in [0.15, 0.2) is 59.2 Å². The van der Waals surface area contributed by atoms with Crippen LogP contribution in [-0.4, -0.2) is 53.3 Å². The van der Waals surface area contributed by atoms with Crippen LogP contribution in [0.1, 0.15) is 40.0 Å². The molecular formula is C25H20BrCl2FN2O7. The minimum atomic E-state index is -3.58. The molecule has 13 heteroatoms. The monoisotopic (exact) mass is 628 g/mol. The van der Waals surface area contributed by atoms with Gasteiger partial charge in [0.05, 0.1) is 28.4 Å². The van der Waals surface area contributed by atoms with E-state index in [0.717, 1.165) is 11.0 Å². The third kappa shape index (κ3) is 4.23. The van der Waals surface area contributed by atoms with Gasteiger partial charge in [0.25, 0.3) is 17.9 Å². The molecule has 5 rings (SSSR count). The summed E-state index contributed by atoms with van der Waals surface area (Å²) in [5.41, 5.74) is -4.98. The lowest BCUT2D eigenvalue weighted by Gasteiger charge is -2.46. The van der Waals surface area contributed by atoms with Crippen molar-refractivity contribution in [3.05, 3.63) is 97.4 Å². The molecule has 1 saturated carbocycles. The van der Waals surface area contributed by atoms with Crippen LogP contribution in [0.4, 0.5) is 4.39 Å². The zero-order valence-corrected chi connectivity index (χ0v) is 22.4. The number of amides is 1. The van der Waals surface area contributed by atoms with Crippen molar-refractivity contribution in [3.63, 3.8) is 0 Å². The molecule has 0 bridgehead atoms. The standard InChI is InChI=1S/C25H20BrCl2FN2O7/c26-14-9-18-20(19(29)10-14)23(13-1-3-15(27)4-2-13,38-25(36,37)22(7-8-22)24(33,34)35)31(21(18)32)12-17-6-5-16(28)11-30-17/h1-6,9-11,33-37H,7-8,12H2. The van der Waals surface area contributed by atoms with Crippen molar-refractivity contribution in [2.45, 2.75) is 37.1 Å². The molecule has 1 atom stereocenters. The van der Waals surface area contributed by atoms with Crippen molar-refractivity contribution in [2.24, 2.45) is 5.41 Å². The van der Waals surface area contributed by atoms with Gasteiger partial charge in [0, 0.05) is 21.3 Å². The summed E-state index contributed by atoms with van der Waals surface area (Å²) in [5, 5.41) is 52.9. The Morgan fingerprint density at radius 1 is 1.03 bits per heavy atom. The topological polar surface area (TPSA) is 144 Å². The zero-order chi connectivity index (χ0) is 27.7. The minimum absolute atomic E-state index is 0.0480. The lowest BCUT2D eigenvalue weighted by atomic mass is 9.91. The van der Waals surface area contributed by atoms with E-state index < -0.39 is 34.8 Å². The third-order valence-electron chi connectivity index (χ3n) is 6.90. The van der Waals surface area contributed by atoms with Gasteiger partial charge in [-0.25, -0.2) is 4.39 Å². The van der Waals surface area contributed by atoms with Gasteiger partial charge in [-0.05, 0) is 49.2 Å². The van der Waals surface area contributed by atoms with Crippen molar-refractivity contribution < 1.29 is 39.5 Å². The van der Waals surface area contributed by atoms with E-state index in [0.29, 0.717) is 10.7 Å². The molecule has 200 valence electrons. The second-order valence-electron chi connectivity index (χ2n) is 9.25. The highest BCUT2D eigenvalue weighted by atomic mass is 79.9. The van der Waals surface area contributed by atoms with Crippen LogP contribution in [0, 0.1) is 11.2 Å². The van der Waals surface area contributed by atoms with Crippen molar-refractivity contribution in [1.82, 2.24) is 9.88 Å². The number of nitrogens with zero attached hydrogens (tertiary/aromatic N) is 2. The normalized spacial score (nSPS) is 20.6. The molecular weight excluding hydrogens is 610 g/mol. The van der Waals surface area contributed by atoms with Crippen molar-refractivity contribution >= 4 is 45.0 Å². The Morgan fingerprint density at radius 3 is 2.21 bits per heavy atom. The maximum absolute atomic E-state index is 15.8. The van der Waals surface area contributed by atoms with E-state index >= 15 is 4.39 Å². The highest BCUT2D eigenvalue weighted by molar-refractivity contribution is 9.10. The van der Waals surface area contributed by atoms with Gasteiger partial charge in [-0.15, -0.1) is 0 Å². The number of halogens is 4. The number of hydrogen-bond acceptors (Lipinski definition) is 8. The first-order valence-electron chi connectivity index (χ1n) is 11.2. The lowest BCUT2D eigenvalue weighted by Crippen LogP contribution is -2.61. The number of carbonyl (C=O) groups excluding carboxylic acids is 1. The lowest BCUT2D eigenvalue weighted by molar-refractivity contribution is -0.484. The van der Waals surface area contributed by atoms with E-state index in [-0.39, 0.29) is 45.6 Å². The molecule has 1 aliphatic carbocycles. The summed E-state index contributed by atoms with van der Waals surface area (Å²) in [4.78, 5) is 19.1. The largest absolute Gasteiger partial charge is 0.343 e. The van der Waals surface area contributed by atoms with E-state index in [4.69, 9.17) is 27.9 Å². The van der Waals surface area contributed by atoms with Gasteiger partial charge in [0.2, 0.25) is 5.72 Å². The molecule has 2 aliphatic rings. The van der Waals surface area contributed by atoms with Crippen LogP contribution >= 0.6 is 39.1 Å². The number of aliphatic hydroxyl groups is 5. The molecule has 1 aromatic heterocycles. The molecule has 2 aromatic carbocycles. The summed E-state index contributed by atoms with van der Waals surface area (Å²) in [6, 6.07) is 11.1. The van der Waals surface area contributed by atoms with Crippen molar-refractivity contribution in [1.29, 1.82) is 0 Å². The number of aromatic nitrogens is 1. The van der Waals surface area contributed by atoms with E-state index in [1.54, 1.807) is 0 Å². The average molecular weight is 630 g/mol. The van der Waals surface area contributed by atoms with E-state index in [1.165, 1.54) is 48.7 Å². The molecule has 5 N–H and O–H groups in total. The Balaban J connectivity index is 1.78. The summed E-state index contributed by atoms with van der Waals surface area (Å²) >= 11 is 15.2. The first-order valence-corrected chi connectivity index (χ1v) is 12.8. The fraction of sp³-hybridized carbons (Fsp3) is 0.280. The Labute approximate surface area is 233 Å². The highest BCUT2D eigenvalue weighted by Gasteiger charge is 2.74. The molecule has 3 aromatic rings. The van der Waals surface area contributed by atoms with Crippen LogP contribution in [0.25, 0.3) is 0 Å². The van der Waals surface area contributed by atoms with E-state index in [2.05, 4.69) is 20.9 Å². The number of rotatable bonds is 7. The predicted octanol–water partition coefficient (Wildman–Crippen LogP) is 3.21. The average Bonchev–Trinajstić information content (AvgIpc) is 3.62. The summed E-state index contributed by atoms with van der Waals surface area (Å²) in [6.45, 7) is -0.323. The maximum Gasteiger partial charge on any atom is 0.294 e. The van der Waals surface area contributed by atoms with Gasteiger partial charge >= 0.3 is 0 Å². The van der Waals surface area contributed by atoms with E-state index in [1.807, 2.05) is 0 Å². The molecule has 1 fully saturated rings. The zero-order valence-electron chi connectivity index (χ0n) is 19.3. The van der Waals surface area contributed by atoms with Crippen molar-refractivity contribution in [2.75, 3.05) is 0 Å². The highest BCUT2D eigenvalue weighted by Crippen LogP contribution is 2.62. The molecule has 38 heavy (non-hydrogen) atoms. The Bertz CT molecular complexity index is 1410. The quantitative estimate of drug-likeness (QED) is 0.251. The molecule has 1 unspecified atom stereocenters. The second kappa shape index (κ2) is 9.19. The molecule has 1 aliphatic heterocycles. The number of pyridine rings is 1. The van der Waals surface area contributed by atoms with Crippen LogP contribution < -0.4 is 0 Å². The molecule has 0 spiro atoms. The smallest absolute Gasteiger partial charge is 0.294 e. The summed E-state index contributed by atoms with van der Waals surface area (Å²) in [6.07, 6.45) is 0.789. The Hall–Kier alpha value is -2.19. The summed E-state index contributed by atoms with van der Waals surface area (Å²) in [5.74, 6) is -8.76. The Kier molecular flexibility index (Phi) is 6.62. The fourth-order valence-corrected chi connectivity index (χ4v) is 5.47. The van der Waals surface area contributed by atoms with Gasteiger partial charge in [-0.3, -0.25) is 19.4 Å². The molecule has 0 saturated heterocycles. The maximum atomic E-state index is 15.8. The van der Waals surface area contributed by atoms with Crippen molar-refractivity contribution in [3.8, 4) is 0 Å². The SMILES string of the molecule is O=C1c2cc(Br)cc(F)c2C(OC(O)(O)C2(C(O)(O)O)CC2)(c2ccc(Cl)cc2)N1Cc1ccc(Cl)cn1. The molecule has 0 radical (unpaired) electrons. The summed E-state index contributed by atoms with van der Waals surface area (Å²) in [7, 11) is 0. The van der Waals surface area contributed by atoms with Crippen LogP contribution in [-0.2, 0) is 17.0 Å². The number of hydrogen-bond donors (Lipinski definition) is 5. The third-order valence-corrected chi connectivity index (χ3v) is 7.83. The van der Waals surface area contributed by atoms with Gasteiger partial charge in [-0.2, -0.15) is 0 Å². The fourth-order valence-electron chi connectivity index (χ4n) is 4.80. The van der Waals surface area contributed by atoms with Gasteiger partial charge in [0.15, 0.2) is 0 Å². The van der Waals surface area contributed by atoms with E-state index in [9.17, 15) is 30.3 Å². The van der Waals surface area contributed by atoms with Gasteiger partial charge < -0.3 is 25.5 Å². The van der Waals surface area contributed by atoms with Crippen LogP contribution in [0.2, 0.25) is 10.0 Å². The first-order chi connectivity index (χ1) is 17.7. The van der Waals surface area contributed by atoms with Crippen LogP contribution in [0.5, 0.6) is 0 Å². The Morgan fingerprint density at radius 2 is 1.66 bits per heavy atom. The van der Waals surface area contributed by atoms with Gasteiger partial charge in [0.1, 0.15) is 11.2 Å². The first kappa shape index (κ1) is 27.4. The summed E-state index contributed by atoms with van der Waals surface area (Å²) < 4.78 is 21.9. The number of ether oxygens (including phenoxy) is 1. The number of benzene rings is 2. The number of fused-ring (bicyclic) bond motifs is 1.